The molecule has 5 heteroatoms. The lowest BCUT2D eigenvalue weighted by Crippen LogP contribution is -2.27. The normalized spacial score (nSPS) is 19.8. The summed E-state index contributed by atoms with van der Waals surface area (Å²) in [6, 6.07) is 5.76. The SMILES string of the molecule is Nc1cc(Cl)ccc1SCC1CCC(=O)N1. The van der Waals surface area contributed by atoms with E-state index in [1.54, 1.807) is 17.8 Å². The summed E-state index contributed by atoms with van der Waals surface area (Å²) in [6.45, 7) is 0. The second-order valence-electron chi connectivity index (χ2n) is 3.80. The van der Waals surface area contributed by atoms with Crippen LogP contribution in [0.15, 0.2) is 23.1 Å². The maximum absolute atomic E-state index is 11.0. The maximum atomic E-state index is 11.0. The van der Waals surface area contributed by atoms with Crippen LogP contribution >= 0.6 is 23.4 Å². The average Bonchev–Trinajstić information content (AvgIpc) is 2.63. The lowest BCUT2D eigenvalue weighted by Gasteiger charge is -2.10. The predicted octanol–water partition coefficient (Wildman–Crippen LogP) is 2.29. The zero-order valence-corrected chi connectivity index (χ0v) is 10.3. The van der Waals surface area contributed by atoms with Crippen molar-refractivity contribution in [1.82, 2.24) is 5.32 Å². The molecule has 1 fully saturated rings. The Balaban J connectivity index is 1.92. The molecule has 0 aromatic heterocycles. The smallest absolute Gasteiger partial charge is 0.220 e. The predicted molar refractivity (Wildman–Crippen MR) is 67.8 cm³/mol. The van der Waals surface area contributed by atoms with E-state index in [2.05, 4.69) is 5.32 Å². The molecule has 1 unspecified atom stereocenters. The number of amides is 1. The summed E-state index contributed by atoms with van der Waals surface area (Å²) in [7, 11) is 0. The Morgan fingerprint density at radius 3 is 3.00 bits per heavy atom. The van der Waals surface area contributed by atoms with Crippen LogP contribution in [0.4, 0.5) is 5.69 Å². The Morgan fingerprint density at radius 2 is 2.38 bits per heavy atom. The fourth-order valence-corrected chi connectivity index (χ4v) is 2.84. The number of nitrogens with two attached hydrogens (primary N) is 1. The largest absolute Gasteiger partial charge is 0.398 e. The molecule has 0 aliphatic carbocycles. The first-order chi connectivity index (χ1) is 7.65. The Kier molecular flexibility index (Phi) is 3.61. The molecule has 0 bridgehead atoms. The third kappa shape index (κ3) is 2.83. The number of nitrogen functional groups attached to an aromatic ring is 1. The van der Waals surface area contributed by atoms with Crippen molar-refractivity contribution in [2.24, 2.45) is 0 Å². The van der Waals surface area contributed by atoms with Gasteiger partial charge in [-0.25, -0.2) is 0 Å². The summed E-state index contributed by atoms with van der Waals surface area (Å²) in [5.74, 6) is 1.01. The van der Waals surface area contributed by atoms with E-state index in [0.717, 1.165) is 17.1 Å². The molecule has 1 aromatic carbocycles. The minimum absolute atomic E-state index is 0.148. The van der Waals surface area contributed by atoms with E-state index in [0.29, 0.717) is 17.1 Å². The highest BCUT2D eigenvalue weighted by Gasteiger charge is 2.20. The van der Waals surface area contributed by atoms with Crippen LogP contribution in [0.2, 0.25) is 5.02 Å². The molecule has 86 valence electrons. The molecule has 2 rings (SSSR count). The second-order valence-corrected chi connectivity index (χ2v) is 5.29. The van der Waals surface area contributed by atoms with E-state index in [9.17, 15) is 4.79 Å². The quantitative estimate of drug-likeness (QED) is 0.645. The van der Waals surface area contributed by atoms with E-state index >= 15 is 0 Å². The van der Waals surface area contributed by atoms with Crippen molar-refractivity contribution in [2.45, 2.75) is 23.8 Å². The number of halogens is 1. The molecule has 1 heterocycles. The number of hydrogen-bond donors (Lipinski definition) is 2. The van der Waals surface area contributed by atoms with Gasteiger partial charge in [0.1, 0.15) is 0 Å². The molecule has 0 saturated carbocycles. The highest BCUT2D eigenvalue weighted by Crippen LogP contribution is 2.29. The number of carbonyl (C=O) groups excluding carboxylic acids is 1. The molecule has 1 amide bonds. The molecule has 16 heavy (non-hydrogen) atoms. The third-order valence-electron chi connectivity index (χ3n) is 2.50. The van der Waals surface area contributed by atoms with Crippen molar-refractivity contribution in [3.8, 4) is 0 Å². The Bertz CT molecular complexity index is 411. The highest BCUT2D eigenvalue weighted by atomic mass is 35.5. The molecule has 0 radical (unpaired) electrons. The summed E-state index contributed by atoms with van der Waals surface area (Å²) in [6.07, 6.45) is 1.56. The van der Waals surface area contributed by atoms with Crippen molar-refractivity contribution in [1.29, 1.82) is 0 Å². The van der Waals surface area contributed by atoms with Gasteiger partial charge in [-0.3, -0.25) is 4.79 Å². The molecule has 3 nitrogen and oxygen atoms in total. The van der Waals surface area contributed by atoms with E-state index < -0.39 is 0 Å². The molecular weight excluding hydrogens is 244 g/mol. The third-order valence-corrected chi connectivity index (χ3v) is 3.98. The Hall–Kier alpha value is -0.870. The monoisotopic (exact) mass is 256 g/mol. The first-order valence-corrected chi connectivity index (χ1v) is 6.48. The molecule has 3 N–H and O–H groups in total. The summed E-state index contributed by atoms with van der Waals surface area (Å²) in [5, 5.41) is 3.58. The molecule has 1 aliphatic heterocycles. The van der Waals surface area contributed by atoms with Crippen LogP contribution in [0.3, 0.4) is 0 Å². The lowest BCUT2D eigenvalue weighted by atomic mass is 10.2. The number of nitrogens with one attached hydrogen (secondary N) is 1. The van der Waals surface area contributed by atoms with Gasteiger partial charge in [-0.05, 0) is 24.6 Å². The molecule has 1 aliphatic rings. The highest BCUT2D eigenvalue weighted by molar-refractivity contribution is 7.99. The van der Waals surface area contributed by atoms with Gasteiger partial charge >= 0.3 is 0 Å². The van der Waals surface area contributed by atoms with Gasteiger partial charge in [-0.2, -0.15) is 0 Å². The minimum atomic E-state index is 0.148. The van der Waals surface area contributed by atoms with Crippen LogP contribution in [-0.4, -0.2) is 17.7 Å². The van der Waals surface area contributed by atoms with Crippen molar-refractivity contribution in [2.75, 3.05) is 11.5 Å². The fraction of sp³-hybridized carbons (Fsp3) is 0.364. The topological polar surface area (TPSA) is 55.1 Å². The molecule has 0 spiro atoms. The number of anilines is 1. The Labute approximate surface area is 104 Å². The van der Waals surface area contributed by atoms with E-state index in [-0.39, 0.29) is 11.9 Å². The van der Waals surface area contributed by atoms with Crippen LogP contribution in [0.25, 0.3) is 0 Å². The van der Waals surface area contributed by atoms with Crippen LogP contribution in [0, 0.1) is 0 Å². The lowest BCUT2D eigenvalue weighted by molar-refractivity contribution is -0.119. The van der Waals surface area contributed by atoms with Crippen LogP contribution in [0.5, 0.6) is 0 Å². The van der Waals surface area contributed by atoms with Gasteiger partial charge in [0.2, 0.25) is 5.91 Å². The molecular formula is C11H13ClN2OS. The maximum Gasteiger partial charge on any atom is 0.220 e. The van der Waals surface area contributed by atoms with Crippen molar-refractivity contribution in [3.05, 3.63) is 23.2 Å². The summed E-state index contributed by atoms with van der Waals surface area (Å²) >= 11 is 7.47. The number of carbonyl (C=O) groups is 1. The summed E-state index contributed by atoms with van der Waals surface area (Å²) in [4.78, 5) is 12.0. The zero-order valence-electron chi connectivity index (χ0n) is 8.70. The number of rotatable bonds is 3. The van der Waals surface area contributed by atoms with Crippen LogP contribution in [-0.2, 0) is 4.79 Å². The standard InChI is InChI=1S/C11H13ClN2OS/c12-7-1-3-10(9(13)5-7)16-6-8-2-4-11(15)14-8/h1,3,5,8H,2,4,6,13H2,(H,14,15). The van der Waals surface area contributed by atoms with Crippen molar-refractivity contribution >= 4 is 35.0 Å². The van der Waals surface area contributed by atoms with Gasteiger partial charge in [0, 0.05) is 33.8 Å². The van der Waals surface area contributed by atoms with E-state index in [1.165, 1.54) is 0 Å². The van der Waals surface area contributed by atoms with Gasteiger partial charge in [-0.1, -0.05) is 11.6 Å². The average molecular weight is 257 g/mol. The van der Waals surface area contributed by atoms with Crippen LogP contribution in [0.1, 0.15) is 12.8 Å². The second kappa shape index (κ2) is 4.97. The first kappa shape index (κ1) is 11.6. The van der Waals surface area contributed by atoms with Gasteiger partial charge in [0.25, 0.3) is 0 Å². The number of thioether (sulfide) groups is 1. The first-order valence-electron chi connectivity index (χ1n) is 5.12. The van der Waals surface area contributed by atoms with Gasteiger partial charge in [0.05, 0.1) is 0 Å². The summed E-state index contributed by atoms with van der Waals surface area (Å²) < 4.78 is 0. The van der Waals surface area contributed by atoms with Crippen molar-refractivity contribution in [3.63, 3.8) is 0 Å². The minimum Gasteiger partial charge on any atom is -0.398 e. The van der Waals surface area contributed by atoms with E-state index in [1.807, 2.05) is 12.1 Å². The fourth-order valence-electron chi connectivity index (χ4n) is 1.64. The number of benzene rings is 1. The molecule has 1 saturated heterocycles. The Morgan fingerprint density at radius 1 is 1.56 bits per heavy atom. The number of hydrogen-bond acceptors (Lipinski definition) is 3. The van der Waals surface area contributed by atoms with Crippen molar-refractivity contribution < 1.29 is 4.79 Å². The summed E-state index contributed by atoms with van der Waals surface area (Å²) in [5.41, 5.74) is 6.54. The van der Waals surface area contributed by atoms with Gasteiger partial charge < -0.3 is 11.1 Å². The van der Waals surface area contributed by atoms with Gasteiger partial charge in [0.15, 0.2) is 0 Å². The molecule has 1 aromatic rings. The zero-order chi connectivity index (χ0) is 11.5. The molecule has 1 atom stereocenters. The van der Waals surface area contributed by atoms with Crippen LogP contribution < -0.4 is 11.1 Å². The van der Waals surface area contributed by atoms with E-state index in [4.69, 9.17) is 17.3 Å². The van der Waals surface area contributed by atoms with Gasteiger partial charge in [-0.15, -0.1) is 11.8 Å².